The van der Waals surface area contributed by atoms with Crippen molar-refractivity contribution in [2.24, 2.45) is 5.73 Å². The Morgan fingerprint density at radius 1 is 1.11 bits per heavy atom. The average molecular weight is 256 g/mol. The highest BCUT2D eigenvalue weighted by atomic mass is 14.9. The third kappa shape index (κ3) is 3.71. The average Bonchev–Trinajstić information content (AvgIpc) is 2.81. The molecule has 0 aliphatic heterocycles. The van der Waals surface area contributed by atoms with Crippen molar-refractivity contribution < 1.29 is 0 Å². The van der Waals surface area contributed by atoms with E-state index < -0.39 is 0 Å². The molecule has 1 aromatic heterocycles. The summed E-state index contributed by atoms with van der Waals surface area (Å²) in [5, 5.41) is 0. The van der Waals surface area contributed by atoms with Crippen molar-refractivity contribution in [1.82, 2.24) is 4.57 Å². The van der Waals surface area contributed by atoms with Crippen molar-refractivity contribution in [2.75, 3.05) is 0 Å². The molecule has 1 heterocycles. The molecule has 0 spiro atoms. The zero-order valence-electron chi connectivity index (χ0n) is 12.2. The minimum absolute atomic E-state index is 0.275. The Labute approximate surface area is 116 Å². The van der Waals surface area contributed by atoms with Gasteiger partial charge in [0.2, 0.25) is 0 Å². The third-order valence-electron chi connectivity index (χ3n) is 3.77. The van der Waals surface area contributed by atoms with Crippen LogP contribution >= 0.6 is 0 Å². The van der Waals surface area contributed by atoms with Crippen molar-refractivity contribution in [3.8, 4) is 0 Å². The van der Waals surface area contributed by atoms with E-state index in [0.717, 1.165) is 19.4 Å². The van der Waals surface area contributed by atoms with E-state index in [2.05, 4.69) is 62.0 Å². The number of rotatable bonds is 5. The Morgan fingerprint density at radius 2 is 1.89 bits per heavy atom. The summed E-state index contributed by atoms with van der Waals surface area (Å²) >= 11 is 0. The number of aryl methyl sites for hydroxylation is 2. The maximum atomic E-state index is 5.99. The lowest BCUT2D eigenvalue weighted by atomic mass is 10.1. The van der Waals surface area contributed by atoms with Crippen LogP contribution in [0.4, 0.5) is 0 Å². The molecule has 2 nitrogen and oxygen atoms in total. The first kappa shape index (κ1) is 13.9. The van der Waals surface area contributed by atoms with Gasteiger partial charge in [-0.1, -0.05) is 25.1 Å². The van der Waals surface area contributed by atoms with Gasteiger partial charge in [0.05, 0.1) is 0 Å². The fourth-order valence-electron chi connectivity index (χ4n) is 2.27. The monoisotopic (exact) mass is 256 g/mol. The summed E-state index contributed by atoms with van der Waals surface area (Å²) in [6.07, 6.45) is 6.36. The third-order valence-corrected chi connectivity index (χ3v) is 3.77. The standard InChI is InChI=1S/C17H24N2/c1-4-17(18)10-16-7-8-19(12-16)11-15-6-5-13(2)14(3)9-15/h5-9,12,17H,4,10-11,18H2,1-3H3. The molecule has 0 saturated carbocycles. The van der Waals surface area contributed by atoms with Gasteiger partial charge in [-0.15, -0.1) is 0 Å². The summed E-state index contributed by atoms with van der Waals surface area (Å²) < 4.78 is 2.24. The van der Waals surface area contributed by atoms with E-state index in [4.69, 9.17) is 5.73 Å². The predicted octanol–water partition coefficient (Wildman–Crippen LogP) is 3.43. The van der Waals surface area contributed by atoms with Crippen LogP contribution in [0, 0.1) is 13.8 Å². The minimum Gasteiger partial charge on any atom is -0.350 e. The van der Waals surface area contributed by atoms with Crippen LogP contribution in [0.25, 0.3) is 0 Å². The lowest BCUT2D eigenvalue weighted by Gasteiger charge is -2.07. The van der Waals surface area contributed by atoms with Gasteiger partial charge in [-0.3, -0.25) is 0 Å². The number of hydrogen-bond acceptors (Lipinski definition) is 1. The summed E-state index contributed by atoms with van der Waals surface area (Å²) in [6.45, 7) is 7.39. The van der Waals surface area contributed by atoms with Gasteiger partial charge >= 0.3 is 0 Å². The molecule has 1 aromatic carbocycles. The van der Waals surface area contributed by atoms with E-state index in [1.165, 1.54) is 22.3 Å². The van der Waals surface area contributed by atoms with E-state index in [0.29, 0.717) is 0 Å². The zero-order chi connectivity index (χ0) is 13.8. The highest BCUT2D eigenvalue weighted by Gasteiger charge is 2.04. The molecule has 2 rings (SSSR count). The fraction of sp³-hybridized carbons (Fsp3) is 0.412. The van der Waals surface area contributed by atoms with Crippen molar-refractivity contribution in [1.29, 1.82) is 0 Å². The summed E-state index contributed by atoms with van der Waals surface area (Å²) in [7, 11) is 0. The molecule has 0 radical (unpaired) electrons. The van der Waals surface area contributed by atoms with Crippen molar-refractivity contribution in [2.45, 2.75) is 46.2 Å². The molecule has 2 N–H and O–H groups in total. The van der Waals surface area contributed by atoms with Crippen LogP contribution in [0.1, 0.15) is 35.6 Å². The molecule has 1 atom stereocenters. The van der Waals surface area contributed by atoms with Crippen molar-refractivity contribution in [3.63, 3.8) is 0 Å². The lowest BCUT2D eigenvalue weighted by molar-refractivity contribution is 0.645. The van der Waals surface area contributed by atoms with Crippen LogP contribution < -0.4 is 5.73 Å². The maximum Gasteiger partial charge on any atom is 0.0470 e. The first-order valence-electron chi connectivity index (χ1n) is 7.05. The van der Waals surface area contributed by atoms with Crippen LogP contribution in [-0.2, 0) is 13.0 Å². The van der Waals surface area contributed by atoms with E-state index in [9.17, 15) is 0 Å². The molecule has 19 heavy (non-hydrogen) atoms. The number of nitrogens with zero attached hydrogens (tertiary/aromatic N) is 1. The van der Waals surface area contributed by atoms with E-state index in [1.807, 2.05) is 0 Å². The molecule has 102 valence electrons. The predicted molar refractivity (Wildman–Crippen MR) is 81.4 cm³/mol. The van der Waals surface area contributed by atoms with E-state index >= 15 is 0 Å². The topological polar surface area (TPSA) is 30.9 Å². The number of nitrogens with two attached hydrogens (primary N) is 1. The molecule has 0 fully saturated rings. The normalized spacial score (nSPS) is 12.6. The van der Waals surface area contributed by atoms with Crippen LogP contribution in [0.2, 0.25) is 0 Å². The van der Waals surface area contributed by atoms with Gasteiger partial charge in [-0.25, -0.2) is 0 Å². The van der Waals surface area contributed by atoms with E-state index in [1.54, 1.807) is 0 Å². The van der Waals surface area contributed by atoms with Crippen molar-refractivity contribution in [3.05, 3.63) is 58.9 Å². The molecule has 2 heteroatoms. The van der Waals surface area contributed by atoms with Gasteiger partial charge in [0.1, 0.15) is 0 Å². The smallest absolute Gasteiger partial charge is 0.0470 e. The van der Waals surface area contributed by atoms with Gasteiger partial charge in [-0.2, -0.15) is 0 Å². The summed E-state index contributed by atoms with van der Waals surface area (Å²) in [6, 6.07) is 9.13. The second-order valence-corrected chi connectivity index (χ2v) is 5.48. The molecular formula is C17H24N2. The quantitative estimate of drug-likeness (QED) is 0.873. The summed E-state index contributed by atoms with van der Waals surface area (Å²) in [5.41, 5.74) is 11.4. The van der Waals surface area contributed by atoms with Crippen molar-refractivity contribution >= 4 is 0 Å². The van der Waals surface area contributed by atoms with Gasteiger partial charge in [0.15, 0.2) is 0 Å². The number of benzene rings is 1. The second-order valence-electron chi connectivity index (χ2n) is 5.48. The first-order valence-corrected chi connectivity index (χ1v) is 7.05. The Kier molecular flexibility index (Phi) is 4.43. The Balaban J connectivity index is 2.05. The molecule has 1 unspecified atom stereocenters. The molecule has 0 saturated heterocycles. The molecule has 0 aliphatic carbocycles. The summed E-state index contributed by atoms with van der Waals surface area (Å²) in [4.78, 5) is 0. The zero-order valence-corrected chi connectivity index (χ0v) is 12.2. The minimum atomic E-state index is 0.275. The van der Waals surface area contributed by atoms with Gasteiger partial charge in [0.25, 0.3) is 0 Å². The fourth-order valence-corrected chi connectivity index (χ4v) is 2.27. The van der Waals surface area contributed by atoms with Crippen LogP contribution in [0.5, 0.6) is 0 Å². The van der Waals surface area contributed by atoms with Gasteiger partial charge in [-0.05, 0) is 55.0 Å². The largest absolute Gasteiger partial charge is 0.350 e. The first-order chi connectivity index (χ1) is 9.08. The number of aromatic nitrogens is 1. The number of hydrogen-bond donors (Lipinski definition) is 1. The second kappa shape index (κ2) is 6.07. The van der Waals surface area contributed by atoms with E-state index in [-0.39, 0.29) is 6.04 Å². The maximum absolute atomic E-state index is 5.99. The highest BCUT2D eigenvalue weighted by molar-refractivity contribution is 5.30. The molecule has 0 aliphatic rings. The van der Waals surface area contributed by atoms with Gasteiger partial charge in [0, 0.05) is 25.0 Å². The van der Waals surface area contributed by atoms with Crippen LogP contribution in [0.3, 0.4) is 0 Å². The van der Waals surface area contributed by atoms with Crippen LogP contribution in [0.15, 0.2) is 36.7 Å². The van der Waals surface area contributed by atoms with Gasteiger partial charge < -0.3 is 10.3 Å². The lowest BCUT2D eigenvalue weighted by Crippen LogP contribution is -2.21. The molecule has 0 bridgehead atoms. The Hall–Kier alpha value is -1.54. The SMILES string of the molecule is CCC(N)Cc1ccn(Cc2ccc(C)c(C)c2)c1. The molecule has 2 aromatic rings. The Bertz CT molecular complexity index is 540. The summed E-state index contributed by atoms with van der Waals surface area (Å²) in [5.74, 6) is 0. The van der Waals surface area contributed by atoms with Crippen LogP contribution in [-0.4, -0.2) is 10.6 Å². The highest BCUT2D eigenvalue weighted by Crippen LogP contribution is 2.13. The molecular weight excluding hydrogens is 232 g/mol. The Morgan fingerprint density at radius 3 is 2.58 bits per heavy atom. The molecule has 0 amide bonds.